The molecule has 130 valence electrons. The highest BCUT2D eigenvalue weighted by Gasteiger charge is 2.16. The molecular weight excluding hydrogens is 357 g/mol. The van der Waals surface area contributed by atoms with E-state index < -0.39 is 17.6 Å². The van der Waals surface area contributed by atoms with Gasteiger partial charge in [0.1, 0.15) is 11.6 Å². The van der Waals surface area contributed by atoms with Gasteiger partial charge in [0.25, 0.3) is 11.8 Å². The van der Waals surface area contributed by atoms with Crippen LogP contribution in [0.2, 0.25) is 5.02 Å². The Bertz CT molecular complexity index is 947. The lowest BCUT2D eigenvalue weighted by atomic mass is 10.1. The van der Waals surface area contributed by atoms with E-state index in [1.807, 2.05) is 0 Å². The third-order valence-corrected chi connectivity index (χ3v) is 3.70. The Kier molecular flexibility index (Phi) is 5.24. The number of benzene rings is 2. The van der Waals surface area contributed by atoms with Crippen LogP contribution in [0.4, 0.5) is 15.9 Å². The van der Waals surface area contributed by atoms with Gasteiger partial charge in [0.15, 0.2) is 0 Å². The third-order valence-electron chi connectivity index (χ3n) is 3.48. The summed E-state index contributed by atoms with van der Waals surface area (Å²) in [6.07, 6.45) is 1.38. The average molecular weight is 370 g/mol. The largest absolute Gasteiger partial charge is 0.321 e. The molecule has 0 saturated heterocycles. The number of nitrogens with one attached hydrogen (secondary N) is 2. The minimum atomic E-state index is -0.609. The van der Waals surface area contributed by atoms with E-state index in [2.05, 4.69) is 15.6 Å². The topological polar surface area (TPSA) is 71.1 Å². The van der Waals surface area contributed by atoms with Crippen LogP contribution in [0.1, 0.15) is 20.7 Å². The third kappa shape index (κ3) is 4.23. The van der Waals surface area contributed by atoms with Crippen LogP contribution in [-0.4, -0.2) is 16.8 Å². The van der Waals surface area contributed by atoms with Gasteiger partial charge < -0.3 is 10.6 Å². The van der Waals surface area contributed by atoms with Crippen molar-refractivity contribution in [3.63, 3.8) is 0 Å². The first-order valence-electron chi connectivity index (χ1n) is 7.62. The highest BCUT2D eigenvalue weighted by Crippen LogP contribution is 2.20. The number of aromatic nitrogens is 1. The molecule has 0 fully saturated rings. The molecule has 0 atom stereocenters. The molecular formula is C19H13ClFN3O2. The molecule has 7 heteroatoms. The van der Waals surface area contributed by atoms with Gasteiger partial charge in [0.05, 0.1) is 16.3 Å². The first-order valence-corrected chi connectivity index (χ1v) is 7.99. The molecule has 0 radical (unpaired) electrons. The lowest BCUT2D eigenvalue weighted by molar-refractivity contribution is 0.102. The zero-order valence-electron chi connectivity index (χ0n) is 13.4. The number of carbonyl (C=O) groups is 2. The summed E-state index contributed by atoms with van der Waals surface area (Å²) in [5, 5.41) is 5.58. The molecule has 0 aliphatic carbocycles. The number of nitrogens with zero attached hydrogens (tertiary/aromatic N) is 1. The van der Waals surface area contributed by atoms with Crippen LogP contribution in [0.5, 0.6) is 0 Å². The molecule has 0 aliphatic rings. The lowest BCUT2D eigenvalue weighted by Crippen LogP contribution is -2.19. The van der Waals surface area contributed by atoms with E-state index in [1.54, 1.807) is 36.4 Å². The fourth-order valence-corrected chi connectivity index (χ4v) is 2.34. The minimum Gasteiger partial charge on any atom is -0.321 e. The number of hydrogen-bond donors (Lipinski definition) is 2. The van der Waals surface area contributed by atoms with Gasteiger partial charge in [-0.1, -0.05) is 29.8 Å². The van der Waals surface area contributed by atoms with E-state index in [-0.39, 0.29) is 17.1 Å². The average Bonchev–Trinajstić information content (AvgIpc) is 2.65. The number of halogens is 2. The molecule has 0 spiro atoms. The molecule has 0 bridgehead atoms. The molecule has 0 aliphatic heterocycles. The van der Waals surface area contributed by atoms with Crippen LogP contribution in [0.15, 0.2) is 66.9 Å². The van der Waals surface area contributed by atoms with Crippen molar-refractivity contribution in [1.82, 2.24) is 4.98 Å². The van der Waals surface area contributed by atoms with Crippen LogP contribution in [0.3, 0.4) is 0 Å². The van der Waals surface area contributed by atoms with E-state index in [1.165, 1.54) is 18.3 Å². The Hall–Kier alpha value is -3.25. The van der Waals surface area contributed by atoms with Crippen LogP contribution >= 0.6 is 11.6 Å². The fraction of sp³-hybridized carbons (Fsp3) is 0. The molecule has 1 aromatic heterocycles. The Balaban J connectivity index is 1.84. The Morgan fingerprint density at radius 1 is 0.923 bits per heavy atom. The van der Waals surface area contributed by atoms with E-state index in [0.29, 0.717) is 10.6 Å². The summed E-state index contributed by atoms with van der Waals surface area (Å²) in [4.78, 5) is 28.8. The number of anilines is 2. The summed E-state index contributed by atoms with van der Waals surface area (Å²) in [5.74, 6) is -1.36. The number of hydrogen-bond acceptors (Lipinski definition) is 3. The molecule has 2 amide bonds. The summed E-state index contributed by atoms with van der Waals surface area (Å²) in [7, 11) is 0. The van der Waals surface area contributed by atoms with Gasteiger partial charge in [-0.2, -0.15) is 0 Å². The standard InChI is InChI=1S/C19H13ClFN3O2/c20-13-6-9-17(22-11-13)24-19(26)15-10-14(21)7-8-16(15)23-18(25)12-4-2-1-3-5-12/h1-11H,(H,23,25)(H,22,24,26). The van der Waals surface area contributed by atoms with E-state index in [4.69, 9.17) is 11.6 Å². The summed E-state index contributed by atoms with van der Waals surface area (Å²) >= 11 is 5.75. The maximum Gasteiger partial charge on any atom is 0.259 e. The second kappa shape index (κ2) is 7.76. The highest BCUT2D eigenvalue weighted by atomic mass is 35.5. The summed E-state index contributed by atoms with van der Waals surface area (Å²) in [5.41, 5.74) is 0.584. The zero-order valence-corrected chi connectivity index (χ0v) is 14.1. The van der Waals surface area contributed by atoms with Crippen molar-refractivity contribution in [3.8, 4) is 0 Å². The van der Waals surface area contributed by atoms with E-state index in [9.17, 15) is 14.0 Å². The van der Waals surface area contributed by atoms with Crippen LogP contribution < -0.4 is 10.6 Å². The minimum absolute atomic E-state index is 0.0222. The van der Waals surface area contributed by atoms with Crippen molar-refractivity contribution >= 4 is 34.9 Å². The zero-order chi connectivity index (χ0) is 18.5. The molecule has 3 aromatic rings. The Morgan fingerprint density at radius 2 is 1.69 bits per heavy atom. The first-order chi connectivity index (χ1) is 12.5. The van der Waals surface area contributed by atoms with Gasteiger partial charge in [0, 0.05) is 11.8 Å². The molecule has 5 nitrogen and oxygen atoms in total. The van der Waals surface area contributed by atoms with Gasteiger partial charge in [-0.25, -0.2) is 9.37 Å². The van der Waals surface area contributed by atoms with E-state index >= 15 is 0 Å². The van der Waals surface area contributed by atoms with Crippen LogP contribution in [-0.2, 0) is 0 Å². The first kappa shape index (κ1) is 17.6. The van der Waals surface area contributed by atoms with Gasteiger partial charge >= 0.3 is 0 Å². The summed E-state index contributed by atoms with van der Waals surface area (Å²) in [6.45, 7) is 0. The quantitative estimate of drug-likeness (QED) is 0.717. The molecule has 2 aromatic carbocycles. The Morgan fingerprint density at radius 3 is 2.38 bits per heavy atom. The van der Waals surface area contributed by atoms with Crippen LogP contribution in [0, 0.1) is 5.82 Å². The van der Waals surface area contributed by atoms with Crippen molar-refractivity contribution in [2.45, 2.75) is 0 Å². The number of rotatable bonds is 4. The highest BCUT2D eigenvalue weighted by molar-refractivity contribution is 6.30. The Labute approximate surface area is 153 Å². The van der Waals surface area contributed by atoms with E-state index in [0.717, 1.165) is 12.1 Å². The second-order valence-corrected chi connectivity index (χ2v) is 5.76. The van der Waals surface area contributed by atoms with Gasteiger partial charge in [-0.3, -0.25) is 9.59 Å². The molecule has 26 heavy (non-hydrogen) atoms. The predicted molar refractivity (Wildman–Crippen MR) is 98.0 cm³/mol. The maximum absolute atomic E-state index is 13.6. The smallest absolute Gasteiger partial charge is 0.259 e. The molecule has 3 rings (SSSR count). The molecule has 0 saturated carbocycles. The SMILES string of the molecule is O=C(Nc1ccc(F)cc1C(=O)Nc1ccc(Cl)cn1)c1ccccc1. The van der Waals surface area contributed by atoms with Gasteiger partial charge in [-0.15, -0.1) is 0 Å². The fourth-order valence-electron chi connectivity index (χ4n) is 2.23. The van der Waals surface area contributed by atoms with Crippen LogP contribution in [0.25, 0.3) is 0 Å². The van der Waals surface area contributed by atoms with Crippen molar-refractivity contribution < 1.29 is 14.0 Å². The normalized spacial score (nSPS) is 10.2. The van der Waals surface area contributed by atoms with Crippen molar-refractivity contribution in [1.29, 1.82) is 0 Å². The summed E-state index contributed by atoms with van der Waals surface area (Å²) in [6, 6.07) is 15.1. The predicted octanol–water partition coefficient (Wildman–Crippen LogP) is 4.38. The number of amides is 2. The van der Waals surface area contributed by atoms with Crippen molar-refractivity contribution in [2.75, 3.05) is 10.6 Å². The number of carbonyl (C=O) groups excluding carboxylic acids is 2. The monoisotopic (exact) mass is 369 g/mol. The second-order valence-electron chi connectivity index (χ2n) is 5.33. The molecule has 0 unspecified atom stereocenters. The molecule has 2 N–H and O–H groups in total. The van der Waals surface area contributed by atoms with Crippen molar-refractivity contribution in [2.24, 2.45) is 0 Å². The summed E-state index contributed by atoms with van der Waals surface area (Å²) < 4.78 is 13.6. The maximum atomic E-state index is 13.6. The number of pyridine rings is 1. The van der Waals surface area contributed by atoms with Crippen molar-refractivity contribution in [3.05, 3.63) is 88.8 Å². The van der Waals surface area contributed by atoms with Gasteiger partial charge in [0.2, 0.25) is 0 Å². The van der Waals surface area contributed by atoms with Gasteiger partial charge in [-0.05, 0) is 42.5 Å². The molecule has 1 heterocycles. The lowest BCUT2D eigenvalue weighted by Gasteiger charge is -2.11.